The van der Waals surface area contributed by atoms with Crippen LogP contribution in [-0.4, -0.2) is 31.4 Å². The molecule has 1 aliphatic rings. The predicted molar refractivity (Wildman–Crippen MR) is 115 cm³/mol. The lowest BCUT2D eigenvalue weighted by molar-refractivity contribution is 0.0980. The van der Waals surface area contributed by atoms with Crippen LogP contribution in [0.3, 0.4) is 0 Å². The molecule has 0 bridgehead atoms. The first-order valence-electron chi connectivity index (χ1n) is 8.58. The van der Waals surface area contributed by atoms with Gasteiger partial charge >= 0.3 is 0 Å². The van der Waals surface area contributed by atoms with Crippen molar-refractivity contribution in [3.63, 3.8) is 0 Å². The number of carbonyl (C=O) groups is 1. The van der Waals surface area contributed by atoms with Crippen molar-refractivity contribution >= 4 is 58.3 Å². The third kappa shape index (κ3) is 4.98. The van der Waals surface area contributed by atoms with Crippen LogP contribution in [0.4, 0.5) is 10.1 Å². The zero-order valence-corrected chi connectivity index (χ0v) is 18.1. The van der Waals surface area contributed by atoms with Crippen LogP contribution in [0.15, 0.2) is 30.3 Å². The maximum absolute atomic E-state index is 14.3. The number of benzene rings is 2. The van der Waals surface area contributed by atoms with E-state index < -0.39 is 11.7 Å². The van der Waals surface area contributed by atoms with Crippen molar-refractivity contribution < 1.29 is 13.9 Å². The van der Waals surface area contributed by atoms with Crippen molar-refractivity contribution in [3.05, 3.63) is 56.8 Å². The molecule has 0 radical (unpaired) electrons. The maximum Gasteiger partial charge on any atom is 0.264 e. The number of ether oxygens (including phenoxy) is 1. The summed E-state index contributed by atoms with van der Waals surface area (Å²) < 4.78 is 22.7. The Labute approximate surface area is 182 Å². The van der Waals surface area contributed by atoms with Crippen molar-refractivity contribution in [2.45, 2.75) is 18.9 Å². The number of halogens is 4. The standard InChI is InChI=1S/C19H18Cl3FN2O2S/c1-28-24-19(26)13-9-16(22)18(10-17(13)23)27-12-4-6-25(7-5-12)11-2-3-14(20)15(21)8-11/h2-3,8-10,12H,4-7H2,1H3,(H,24,26). The van der Waals surface area contributed by atoms with Gasteiger partial charge in [0.1, 0.15) is 17.7 Å². The molecule has 1 aliphatic heterocycles. The van der Waals surface area contributed by atoms with Crippen LogP contribution in [-0.2, 0) is 0 Å². The molecule has 4 nitrogen and oxygen atoms in total. The molecule has 0 atom stereocenters. The summed E-state index contributed by atoms with van der Waals surface area (Å²) in [5.74, 6) is -0.958. The van der Waals surface area contributed by atoms with Gasteiger partial charge in [-0.1, -0.05) is 46.8 Å². The van der Waals surface area contributed by atoms with E-state index in [0.717, 1.165) is 43.6 Å². The summed E-state index contributed by atoms with van der Waals surface area (Å²) in [5.41, 5.74) is 0.891. The van der Waals surface area contributed by atoms with Crippen LogP contribution < -0.4 is 14.4 Å². The highest BCUT2D eigenvalue weighted by Crippen LogP contribution is 2.32. The highest BCUT2D eigenvalue weighted by molar-refractivity contribution is 7.97. The average molecular weight is 464 g/mol. The number of amides is 1. The Morgan fingerprint density at radius 1 is 1.14 bits per heavy atom. The van der Waals surface area contributed by atoms with Gasteiger partial charge < -0.3 is 9.64 Å². The fourth-order valence-electron chi connectivity index (χ4n) is 3.03. The molecule has 3 rings (SSSR count). The predicted octanol–water partition coefficient (Wildman–Crippen LogP) is 5.84. The molecule has 9 heteroatoms. The van der Waals surface area contributed by atoms with Crippen molar-refractivity contribution in [1.29, 1.82) is 0 Å². The summed E-state index contributed by atoms with van der Waals surface area (Å²) in [5, 5.41) is 1.25. The second-order valence-corrected chi connectivity index (χ2v) is 8.13. The summed E-state index contributed by atoms with van der Waals surface area (Å²) in [6, 6.07) is 8.01. The van der Waals surface area contributed by atoms with Crippen LogP contribution in [0.25, 0.3) is 0 Å². The van der Waals surface area contributed by atoms with Gasteiger partial charge in [-0.25, -0.2) is 4.39 Å². The SMILES string of the molecule is CSNC(=O)c1cc(Cl)c(OC2CCN(c3ccc(Cl)c(Cl)c3)CC2)cc1F. The second-order valence-electron chi connectivity index (χ2n) is 6.30. The number of nitrogens with one attached hydrogen (secondary N) is 1. The topological polar surface area (TPSA) is 41.6 Å². The smallest absolute Gasteiger partial charge is 0.264 e. The van der Waals surface area contributed by atoms with Gasteiger partial charge in [0.15, 0.2) is 0 Å². The molecule has 1 fully saturated rings. The first-order valence-corrected chi connectivity index (χ1v) is 10.9. The van der Waals surface area contributed by atoms with E-state index in [2.05, 4.69) is 9.62 Å². The van der Waals surface area contributed by atoms with Crippen molar-refractivity contribution in [3.8, 4) is 5.75 Å². The number of piperidine rings is 1. The van der Waals surface area contributed by atoms with Gasteiger partial charge in [-0.05, 0) is 24.3 Å². The van der Waals surface area contributed by atoms with E-state index in [-0.39, 0.29) is 22.4 Å². The number of carbonyl (C=O) groups excluding carboxylic acids is 1. The molecule has 1 amide bonds. The Morgan fingerprint density at radius 2 is 1.86 bits per heavy atom. The molecule has 1 saturated heterocycles. The van der Waals surface area contributed by atoms with Crippen molar-refractivity contribution in [2.75, 3.05) is 24.2 Å². The lowest BCUT2D eigenvalue weighted by atomic mass is 10.1. The molecule has 150 valence electrons. The van der Waals surface area contributed by atoms with Crippen molar-refractivity contribution in [2.24, 2.45) is 0 Å². The van der Waals surface area contributed by atoms with Gasteiger partial charge in [0.25, 0.3) is 5.91 Å². The minimum absolute atomic E-state index is 0.0956. The van der Waals surface area contributed by atoms with Gasteiger partial charge in [0, 0.05) is 43.9 Å². The summed E-state index contributed by atoms with van der Waals surface area (Å²) in [4.78, 5) is 14.0. The van der Waals surface area contributed by atoms with Crippen LogP contribution in [0, 0.1) is 5.82 Å². The Balaban J connectivity index is 1.63. The van der Waals surface area contributed by atoms with Gasteiger partial charge in [0.2, 0.25) is 0 Å². The lowest BCUT2D eigenvalue weighted by Crippen LogP contribution is -2.38. The van der Waals surface area contributed by atoms with E-state index in [0.29, 0.717) is 10.0 Å². The average Bonchev–Trinajstić information content (AvgIpc) is 2.67. The highest BCUT2D eigenvalue weighted by atomic mass is 35.5. The number of nitrogens with zero attached hydrogens (tertiary/aromatic N) is 1. The molecule has 1 N–H and O–H groups in total. The quantitative estimate of drug-likeness (QED) is 0.566. The molecule has 28 heavy (non-hydrogen) atoms. The zero-order chi connectivity index (χ0) is 20.3. The fourth-order valence-corrected chi connectivity index (χ4v) is 3.83. The molecule has 0 saturated carbocycles. The first kappa shape index (κ1) is 21.4. The molecule has 2 aromatic carbocycles. The van der Waals surface area contributed by atoms with E-state index in [4.69, 9.17) is 39.5 Å². The van der Waals surface area contributed by atoms with Gasteiger partial charge in [0.05, 0.1) is 20.6 Å². The normalized spacial score (nSPS) is 14.8. The highest BCUT2D eigenvalue weighted by Gasteiger charge is 2.23. The first-order chi connectivity index (χ1) is 13.4. The minimum Gasteiger partial charge on any atom is -0.489 e. The molecule has 0 unspecified atom stereocenters. The summed E-state index contributed by atoms with van der Waals surface area (Å²) in [6.07, 6.45) is 3.07. The summed E-state index contributed by atoms with van der Waals surface area (Å²) >= 11 is 19.4. The third-order valence-corrected chi connectivity index (χ3v) is 5.89. The van der Waals surface area contributed by atoms with E-state index in [9.17, 15) is 9.18 Å². The fraction of sp³-hybridized carbons (Fsp3) is 0.316. The summed E-state index contributed by atoms with van der Waals surface area (Å²) in [7, 11) is 0. The van der Waals surface area contributed by atoms with E-state index in [1.807, 2.05) is 12.1 Å². The second kappa shape index (κ2) is 9.44. The molecule has 1 heterocycles. The number of hydrogen-bond acceptors (Lipinski definition) is 4. The third-order valence-electron chi connectivity index (χ3n) is 4.46. The molecular weight excluding hydrogens is 446 g/mol. The Kier molecular flexibility index (Phi) is 7.20. The van der Waals surface area contributed by atoms with E-state index in [1.54, 1.807) is 12.3 Å². The molecular formula is C19H18Cl3FN2O2S. The molecule has 0 aromatic heterocycles. The molecule has 0 spiro atoms. The monoisotopic (exact) mass is 462 g/mol. The number of hydrogen-bond donors (Lipinski definition) is 1. The number of anilines is 1. The molecule has 2 aromatic rings. The Hall–Kier alpha value is -1.34. The van der Waals surface area contributed by atoms with Gasteiger partial charge in [-0.2, -0.15) is 0 Å². The van der Waals surface area contributed by atoms with Gasteiger partial charge in [-0.15, -0.1) is 0 Å². The van der Waals surface area contributed by atoms with Gasteiger partial charge in [-0.3, -0.25) is 9.52 Å². The maximum atomic E-state index is 14.3. The van der Waals surface area contributed by atoms with Crippen molar-refractivity contribution in [1.82, 2.24) is 4.72 Å². The Morgan fingerprint density at radius 3 is 2.50 bits per heavy atom. The zero-order valence-electron chi connectivity index (χ0n) is 15.0. The largest absolute Gasteiger partial charge is 0.489 e. The van der Waals surface area contributed by atoms with Crippen LogP contribution in [0.2, 0.25) is 15.1 Å². The molecule has 0 aliphatic carbocycles. The Bertz CT molecular complexity index is 876. The minimum atomic E-state index is -0.667. The van der Waals surface area contributed by atoms with Crippen LogP contribution in [0.1, 0.15) is 23.2 Å². The van der Waals surface area contributed by atoms with Crippen LogP contribution >= 0.6 is 46.8 Å². The van der Waals surface area contributed by atoms with E-state index in [1.165, 1.54) is 12.1 Å². The summed E-state index contributed by atoms with van der Waals surface area (Å²) in [6.45, 7) is 1.52. The van der Waals surface area contributed by atoms with Crippen LogP contribution in [0.5, 0.6) is 5.75 Å². The number of rotatable bonds is 5. The lowest BCUT2D eigenvalue weighted by Gasteiger charge is -2.34. The van der Waals surface area contributed by atoms with E-state index >= 15 is 0 Å².